The molecule has 2 aliphatic carbocycles. The van der Waals surface area contributed by atoms with Gasteiger partial charge in [-0.2, -0.15) is 0 Å². The molecule has 42 heavy (non-hydrogen) atoms. The number of nitrogens with one attached hydrogen (secondary N) is 1. The van der Waals surface area contributed by atoms with Crippen LogP contribution in [0, 0.1) is 5.92 Å². The molecule has 2 aromatic heterocycles. The van der Waals surface area contributed by atoms with Crippen molar-refractivity contribution < 1.29 is 9.59 Å². The first-order valence-electron chi connectivity index (χ1n) is 14.6. The highest BCUT2D eigenvalue weighted by molar-refractivity contribution is 7.22. The van der Waals surface area contributed by atoms with Crippen molar-refractivity contribution in [1.29, 1.82) is 0 Å². The molecule has 0 atom stereocenters. The third-order valence-corrected chi connectivity index (χ3v) is 11.3. The van der Waals surface area contributed by atoms with Crippen molar-refractivity contribution in [2.75, 3.05) is 0 Å². The number of nitrogens with zero attached hydrogens (tertiary/aromatic N) is 2. The van der Waals surface area contributed by atoms with Crippen molar-refractivity contribution in [3.63, 3.8) is 0 Å². The highest BCUT2D eigenvalue weighted by Crippen LogP contribution is 2.43. The Hall–Kier alpha value is -2.64. The lowest BCUT2D eigenvalue weighted by molar-refractivity contribution is -0.125. The average Bonchev–Trinajstić information content (AvgIpc) is 3.68. The van der Waals surface area contributed by atoms with Gasteiger partial charge in [0.2, 0.25) is 5.91 Å². The summed E-state index contributed by atoms with van der Waals surface area (Å²) < 4.78 is 0.718. The van der Waals surface area contributed by atoms with Crippen LogP contribution in [-0.4, -0.2) is 33.8 Å². The van der Waals surface area contributed by atoms with Gasteiger partial charge >= 0.3 is 0 Å². The fourth-order valence-electron chi connectivity index (χ4n) is 6.34. The van der Waals surface area contributed by atoms with E-state index in [1.165, 1.54) is 11.3 Å². The second-order valence-corrected chi connectivity index (χ2v) is 13.5. The molecule has 0 saturated heterocycles. The Morgan fingerprint density at radius 1 is 0.881 bits per heavy atom. The number of carbonyl (C=O) groups is 2. The number of hydrogen-bond acceptors (Lipinski definition) is 4. The lowest BCUT2D eigenvalue weighted by atomic mass is 9.89. The van der Waals surface area contributed by atoms with E-state index in [0.717, 1.165) is 78.1 Å². The van der Waals surface area contributed by atoms with Gasteiger partial charge in [-0.15, -0.1) is 11.3 Å². The quantitative estimate of drug-likeness (QED) is 0.219. The molecule has 4 aromatic rings. The van der Waals surface area contributed by atoms with Gasteiger partial charge in [0.15, 0.2) is 0 Å². The van der Waals surface area contributed by atoms with E-state index < -0.39 is 0 Å². The summed E-state index contributed by atoms with van der Waals surface area (Å²) in [4.78, 5) is 33.7. The number of pyridine rings is 1. The minimum absolute atomic E-state index is 0.0158. The third kappa shape index (κ3) is 6.19. The monoisotopic (exact) mass is 639 g/mol. The molecule has 2 heterocycles. The van der Waals surface area contributed by atoms with Crippen LogP contribution in [0.25, 0.3) is 21.2 Å². The zero-order valence-corrected chi connectivity index (χ0v) is 26.2. The van der Waals surface area contributed by atoms with Crippen molar-refractivity contribution in [2.45, 2.75) is 70.0 Å². The molecule has 218 valence electrons. The first kappa shape index (κ1) is 29.4. The van der Waals surface area contributed by atoms with E-state index in [-0.39, 0.29) is 29.8 Å². The standard InChI is InChI=1S/C33H32Cl3N3O2S/c34-27-13-12-26-28(35)31(42-30(26)29(27)36)33(41)39(19-20-4-3-7-23(18-20)21-14-16-37-17-15-21)25-10-8-24(9-11-25)38-32(40)22-5-1-2-6-22/h3-4,7,12-18,22,24-25H,1-2,5-6,8-11,19H2,(H,38,40). The molecule has 6 rings (SSSR count). The van der Waals surface area contributed by atoms with E-state index in [1.807, 2.05) is 29.2 Å². The maximum absolute atomic E-state index is 14.3. The topological polar surface area (TPSA) is 62.3 Å². The first-order valence-corrected chi connectivity index (χ1v) is 16.5. The van der Waals surface area contributed by atoms with Gasteiger partial charge in [0.25, 0.3) is 5.91 Å². The third-order valence-electron chi connectivity index (χ3n) is 8.65. The van der Waals surface area contributed by atoms with Crippen molar-refractivity contribution in [1.82, 2.24) is 15.2 Å². The van der Waals surface area contributed by atoms with Crippen LogP contribution in [0.2, 0.25) is 15.1 Å². The van der Waals surface area contributed by atoms with Crippen molar-refractivity contribution in [3.05, 3.63) is 86.4 Å². The molecule has 0 aliphatic heterocycles. The number of halogens is 3. The maximum atomic E-state index is 14.3. The van der Waals surface area contributed by atoms with E-state index in [9.17, 15) is 9.59 Å². The molecule has 2 aliphatic rings. The van der Waals surface area contributed by atoms with E-state index in [4.69, 9.17) is 34.8 Å². The number of rotatable bonds is 7. The molecule has 2 aromatic carbocycles. The predicted octanol–water partition coefficient (Wildman–Crippen LogP) is 9.18. The van der Waals surface area contributed by atoms with Crippen molar-refractivity contribution in [3.8, 4) is 11.1 Å². The Kier molecular flexibility index (Phi) is 9.06. The van der Waals surface area contributed by atoms with Crippen LogP contribution < -0.4 is 5.32 Å². The minimum atomic E-state index is -0.110. The summed E-state index contributed by atoms with van der Waals surface area (Å²) in [6.45, 7) is 0.445. The molecule has 2 fully saturated rings. The molecule has 0 bridgehead atoms. The number of carbonyl (C=O) groups excluding carboxylic acids is 2. The summed E-state index contributed by atoms with van der Waals surface area (Å²) in [5, 5.41) is 5.29. The number of hydrogen-bond donors (Lipinski definition) is 1. The van der Waals surface area contributed by atoms with Crippen LogP contribution in [-0.2, 0) is 11.3 Å². The van der Waals surface area contributed by atoms with Crippen LogP contribution in [0.1, 0.15) is 66.6 Å². The van der Waals surface area contributed by atoms with E-state index in [2.05, 4.69) is 28.5 Å². The zero-order valence-electron chi connectivity index (χ0n) is 23.1. The summed E-state index contributed by atoms with van der Waals surface area (Å²) in [5.74, 6) is 0.245. The molecule has 9 heteroatoms. The molecule has 2 saturated carbocycles. The van der Waals surface area contributed by atoms with Gasteiger partial charge < -0.3 is 10.2 Å². The Labute approximate surface area is 265 Å². The van der Waals surface area contributed by atoms with Gasteiger partial charge in [0.1, 0.15) is 4.88 Å². The fourth-order valence-corrected chi connectivity index (χ4v) is 8.33. The molecule has 0 spiro atoms. The SMILES string of the molecule is O=C(NC1CCC(N(Cc2cccc(-c3ccncc3)c2)C(=O)c2sc3c(Cl)c(Cl)ccc3c2Cl)CC1)C1CCCC1. The van der Waals surface area contributed by atoms with Gasteiger partial charge in [0.05, 0.1) is 19.8 Å². The molecule has 5 nitrogen and oxygen atoms in total. The zero-order chi connectivity index (χ0) is 29.2. The number of benzene rings is 2. The number of amides is 2. The summed E-state index contributed by atoms with van der Waals surface area (Å²) in [6.07, 6.45) is 11.1. The van der Waals surface area contributed by atoms with Gasteiger partial charge in [-0.25, -0.2) is 0 Å². The maximum Gasteiger partial charge on any atom is 0.266 e. The van der Waals surface area contributed by atoms with Crippen LogP contribution in [0.15, 0.2) is 60.9 Å². The smallest absolute Gasteiger partial charge is 0.266 e. The molecule has 0 radical (unpaired) electrons. The van der Waals surface area contributed by atoms with Gasteiger partial charge in [-0.1, -0.05) is 71.9 Å². The van der Waals surface area contributed by atoms with Crippen LogP contribution in [0.4, 0.5) is 0 Å². The summed E-state index contributed by atoms with van der Waals surface area (Å²) >= 11 is 20.9. The predicted molar refractivity (Wildman–Crippen MR) is 173 cm³/mol. The highest BCUT2D eigenvalue weighted by Gasteiger charge is 2.33. The highest BCUT2D eigenvalue weighted by atomic mass is 35.5. The Morgan fingerprint density at radius 2 is 1.62 bits per heavy atom. The molecule has 0 unspecified atom stereocenters. The Balaban J connectivity index is 1.27. The van der Waals surface area contributed by atoms with E-state index in [1.54, 1.807) is 18.5 Å². The molecular formula is C33H32Cl3N3O2S. The Bertz CT molecular complexity index is 1600. The minimum Gasteiger partial charge on any atom is -0.353 e. The first-order chi connectivity index (χ1) is 20.4. The van der Waals surface area contributed by atoms with Crippen LogP contribution in [0.5, 0.6) is 0 Å². The summed E-state index contributed by atoms with van der Waals surface area (Å²) in [7, 11) is 0. The molecular weight excluding hydrogens is 609 g/mol. The Morgan fingerprint density at radius 3 is 2.36 bits per heavy atom. The lowest BCUT2D eigenvalue weighted by Gasteiger charge is -2.37. The second kappa shape index (κ2) is 12.9. The summed E-state index contributed by atoms with van der Waals surface area (Å²) in [6, 6.07) is 15.9. The normalized spacial score (nSPS) is 19.2. The molecule has 1 N–H and O–H groups in total. The fraction of sp³-hybridized carbons (Fsp3) is 0.364. The van der Waals surface area contributed by atoms with Crippen molar-refractivity contribution >= 4 is 68.0 Å². The van der Waals surface area contributed by atoms with Gasteiger partial charge in [-0.05, 0) is 79.5 Å². The largest absolute Gasteiger partial charge is 0.353 e. The van der Waals surface area contributed by atoms with Gasteiger partial charge in [-0.3, -0.25) is 14.6 Å². The molecule has 2 amide bonds. The lowest BCUT2D eigenvalue weighted by Crippen LogP contribution is -2.46. The van der Waals surface area contributed by atoms with E-state index in [0.29, 0.717) is 26.5 Å². The van der Waals surface area contributed by atoms with Crippen molar-refractivity contribution in [2.24, 2.45) is 5.92 Å². The second-order valence-electron chi connectivity index (χ2n) is 11.3. The number of thiophene rings is 1. The van der Waals surface area contributed by atoms with E-state index >= 15 is 0 Å². The van der Waals surface area contributed by atoms with Crippen LogP contribution in [0.3, 0.4) is 0 Å². The number of fused-ring (bicyclic) bond motifs is 1. The van der Waals surface area contributed by atoms with Gasteiger partial charge in [0, 0.05) is 42.3 Å². The number of aromatic nitrogens is 1. The van der Waals surface area contributed by atoms with Crippen LogP contribution >= 0.6 is 46.1 Å². The summed E-state index contributed by atoms with van der Waals surface area (Å²) in [5.41, 5.74) is 3.18. The average molecular weight is 641 g/mol.